The lowest BCUT2D eigenvalue weighted by atomic mass is 9.91. The van der Waals surface area contributed by atoms with Crippen LogP contribution in [0, 0.1) is 19.8 Å². The predicted octanol–water partition coefficient (Wildman–Crippen LogP) is 3.30. The van der Waals surface area contributed by atoms with Crippen LogP contribution < -0.4 is 0 Å². The van der Waals surface area contributed by atoms with Gasteiger partial charge in [-0.25, -0.2) is 9.97 Å². The topological polar surface area (TPSA) is 97.3 Å². The Morgan fingerprint density at radius 1 is 1.35 bits per heavy atom. The zero-order chi connectivity index (χ0) is 22.0. The lowest BCUT2D eigenvalue weighted by molar-refractivity contribution is 0.0356. The van der Waals surface area contributed by atoms with Crippen LogP contribution >= 0.6 is 11.8 Å². The molecule has 0 radical (unpaired) electrons. The highest BCUT2D eigenvalue weighted by molar-refractivity contribution is 7.98. The molecule has 0 aliphatic carbocycles. The number of nitrogens with zero attached hydrogens (tertiary/aromatic N) is 5. The van der Waals surface area contributed by atoms with E-state index >= 15 is 0 Å². The number of aliphatic hydroxyl groups is 1. The van der Waals surface area contributed by atoms with Gasteiger partial charge in [0, 0.05) is 56.0 Å². The average Bonchev–Trinajstić information content (AvgIpc) is 3.36. The molecule has 4 rings (SSSR count). The first kappa shape index (κ1) is 21.6. The number of rotatable bonds is 6. The predicted molar refractivity (Wildman–Crippen MR) is 117 cm³/mol. The first-order valence-corrected chi connectivity index (χ1v) is 11.4. The van der Waals surface area contributed by atoms with Crippen LogP contribution in [0.25, 0.3) is 0 Å². The fourth-order valence-electron chi connectivity index (χ4n) is 4.01. The first-order chi connectivity index (χ1) is 15.0. The molecule has 1 aliphatic heterocycles. The second-order valence-electron chi connectivity index (χ2n) is 7.94. The lowest BCUT2D eigenvalue weighted by Crippen LogP contribution is -2.42. The van der Waals surface area contributed by atoms with E-state index in [0.29, 0.717) is 35.3 Å². The minimum atomic E-state index is -0.696. The molecule has 3 aromatic rings. The summed E-state index contributed by atoms with van der Waals surface area (Å²) in [5.41, 5.74) is 2.48. The maximum absolute atomic E-state index is 13.4. The van der Waals surface area contributed by atoms with E-state index in [9.17, 15) is 9.90 Å². The molecular formula is C22H27N5O3S. The zero-order valence-electron chi connectivity index (χ0n) is 18.0. The summed E-state index contributed by atoms with van der Waals surface area (Å²) in [7, 11) is 1.87. The summed E-state index contributed by atoms with van der Waals surface area (Å²) in [5.74, 6) is 1.96. The van der Waals surface area contributed by atoms with Crippen molar-refractivity contribution in [2.75, 3.05) is 13.1 Å². The number of pyridine rings is 1. The van der Waals surface area contributed by atoms with Crippen LogP contribution in [-0.4, -0.2) is 48.7 Å². The summed E-state index contributed by atoms with van der Waals surface area (Å²) in [6, 6.07) is 3.61. The summed E-state index contributed by atoms with van der Waals surface area (Å²) >= 11 is 1.51. The number of imidazole rings is 1. The third-order valence-corrected chi connectivity index (χ3v) is 6.88. The van der Waals surface area contributed by atoms with Gasteiger partial charge in [0.2, 0.25) is 0 Å². The standard InChI is InChI=1S/C22H27N5O3S/c1-14-18(15(2)30-25-14)13-31-21-17(7-4-8-24-21)22(29)27-10-5-6-16(12-27)19(28)20-23-9-11-26(20)3/h4,7-9,11,16,19,28H,5-6,10,12-13H2,1-3H3/t16-,19-/m1/s1. The Hall–Kier alpha value is -2.65. The number of piperidine rings is 1. The van der Waals surface area contributed by atoms with Gasteiger partial charge in [-0.3, -0.25) is 4.79 Å². The number of aryl methyl sites for hydroxylation is 3. The van der Waals surface area contributed by atoms with Crippen LogP contribution in [0.15, 0.2) is 40.3 Å². The number of aromatic nitrogens is 4. The van der Waals surface area contributed by atoms with Gasteiger partial charge in [-0.15, -0.1) is 11.8 Å². The summed E-state index contributed by atoms with van der Waals surface area (Å²) in [6.45, 7) is 4.97. The van der Waals surface area contributed by atoms with Crippen LogP contribution in [0.3, 0.4) is 0 Å². The highest BCUT2D eigenvalue weighted by atomic mass is 32.2. The molecule has 2 atom stereocenters. The van der Waals surface area contributed by atoms with Crippen molar-refractivity contribution in [1.82, 2.24) is 24.6 Å². The van der Waals surface area contributed by atoms with Gasteiger partial charge in [0.1, 0.15) is 22.7 Å². The van der Waals surface area contributed by atoms with E-state index < -0.39 is 6.10 Å². The molecule has 0 unspecified atom stereocenters. The third kappa shape index (κ3) is 4.52. The fourth-order valence-corrected chi connectivity index (χ4v) is 5.15. The van der Waals surface area contributed by atoms with Crippen molar-refractivity contribution in [3.8, 4) is 0 Å². The van der Waals surface area contributed by atoms with E-state index in [2.05, 4.69) is 15.1 Å². The Balaban J connectivity index is 1.48. The highest BCUT2D eigenvalue weighted by Gasteiger charge is 2.32. The van der Waals surface area contributed by atoms with Gasteiger partial charge in [0.25, 0.3) is 5.91 Å². The van der Waals surface area contributed by atoms with Gasteiger partial charge >= 0.3 is 0 Å². The van der Waals surface area contributed by atoms with E-state index in [1.807, 2.05) is 42.6 Å². The molecule has 0 spiro atoms. The summed E-state index contributed by atoms with van der Waals surface area (Å²) < 4.78 is 7.07. The van der Waals surface area contributed by atoms with E-state index in [0.717, 1.165) is 29.9 Å². The van der Waals surface area contributed by atoms with Crippen molar-refractivity contribution < 1.29 is 14.4 Å². The van der Waals surface area contributed by atoms with Crippen LogP contribution in [0.4, 0.5) is 0 Å². The minimum Gasteiger partial charge on any atom is -0.385 e. The Bertz CT molecular complexity index is 1040. The molecule has 164 valence electrons. The van der Waals surface area contributed by atoms with Gasteiger partial charge in [-0.05, 0) is 38.8 Å². The SMILES string of the molecule is Cc1noc(C)c1CSc1ncccc1C(=O)N1CCC[C@@H]([C@@H](O)c2nccn2C)C1. The number of hydrogen-bond donors (Lipinski definition) is 1. The van der Waals surface area contributed by atoms with E-state index in [1.165, 1.54) is 11.8 Å². The van der Waals surface area contributed by atoms with Crippen molar-refractivity contribution in [2.45, 2.75) is 43.6 Å². The largest absolute Gasteiger partial charge is 0.385 e. The quantitative estimate of drug-likeness (QED) is 0.586. The second-order valence-corrected chi connectivity index (χ2v) is 8.91. The Labute approximate surface area is 185 Å². The van der Waals surface area contributed by atoms with E-state index in [1.54, 1.807) is 18.5 Å². The first-order valence-electron chi connectivity index (χ1n) is 10.4. The van der Waals surface area contributed by atoms with Gasteiger partial charge < -0.3 is 19.1 Å². The molecule has 31 heavy (non-hydrogen) atoms. The average molecular weight is 442 g/mol. The molecule has 0 saturated carbocycles. The van der Waals surface area contributed by atoms with Crippen molar-refractivity contribution in [3.63, 3.8) is 0 Å². The molecule has 3 aromatic heterocycles. The van der Waals surface area contributed by atoms with Gasteiger partial charge in [0.05, 0.1) is 11.3 Å². The number of aliphatic hydroxyl groups excluding tert-OH is 1. The summed E-state index contributed by atoms with van der Waals surface area (Å²) in [5, 5.41) is 15.5. The summed E-state index contributed by atoms with van der Waals surface area (Å²) in [4.78, 5) is 23.9. The fraction of sp³-hybridized carbons (Fsp3) is 0.455. The third-order valence-electron chi connectivity index (χ3n) is 5.85. The number of likely N-dealkylation sites (tertiary alicyclic amines) is 1. The van der Waals surface area contributed by atoms with Crippen molar-refractivity contribution in [2.24, 2.45) is 13.0 Å². The van der Waals surface area contributed by atoms with Gasteiger partial charge in [0.15, 0.2) is 0 Å². The van der Waals surface area contributed by atoms with Crippen LogP contribution in [0.2, 0.25) is 0 Å². The normalized spacial score (nSPS) is 17.7. The molecule has 1 N–H and O–H groups in total. The second kappa shape index (κ2) is 9.23. The Kier molecular flexibility index (Phi) is 6.43. The Morgan fingerprint density at radius 2 is 2.19 bits per heavy atom. The van der Waals surface area contributed by atoms with Crippen molar-refractivity contribution in [1.29, 1.82) is 0 Å². The lowest BCUT2D eigenvalue weighted by Gasteiger charge is -2.35. The van der Waals surface area contributed by atoms with Gasteiger partial charge in [-0.2, -0.15) is 0 Å². The van der Waals surface area contributed by atoms with Gasteiger partial charge in [-0.1, -0.05) is 5.16 Å². The molecule has 9 heteroatoms. The maximum atomic E-state index is 13.4. The zero-order valence-corrected chi connectivity index (χ0v) is 18.8. The molecule has 1 fully saturated rings. The number of amides is 1. The van der Waals surface area contributed by atoms with Crippen LogP contribution in [-0.2, 0) is 12.8 Å². The molecule has 8 nitrogen and oxygen atoms in total. The van der Waals surface area contributed by atoms with Crippen LogP contribution in [0.1, 0.15) is 52.1 Å². The number of hydrogen-bond acceptors (Lipinski definition) is 7. The van der Waals surface area contributed by atoms with E-state index in [-0.39, 0.29) is 11.8 Å². The van der Waals surface area contributed by atoms with E-state index in [4.69, 9.17) is 4.52 Å². The minimum absolute atomic E-state index is 0.0473. The van der Waals surface area contributed by atoms with Crippen molar-refractivity contribution >= 4 is 17.7 Å². The molecular weight excluding hydrogens is 414 g/mol. The molecule has 0 aromatic carbocycles. The molecule has 1 aliphatic rings. The summed E-state index contributed by atoms with van der Waals surface area (Å²) in [6.07, 6.45) is 6.22. The number of thioether (sulfide) groups is 1. The van der Waals surface area contributed by atoms with Crippen LogP contribution in [0.5, 0.6) is 0 Å². The highest BCUT2D eigenvalue weighted by Crippen LogP contribution is 2.32. The molecule has 1 saturated heterocycles. The molecule has 0 bridgehead atoms. The smallest absolute Gasteiger partial charge is 0.256 e. The molecule has 1 amide bonds. The number of carbonyl (C=O) groups is 1. The maximum Gasteiger partial charge on any atom is 0.256 e. The number of carbonyl (C=O) groups excluding carboxylic acids is 1. The van der Waals surface area contributed by atoms with Crippen molar-refractivity contribution in [3.05, 3.63) is 59.1 Å². The Morgan fingerprint density at radius 3 is 2.90 bits per heavy atom. The monoisotopic (exact) mass is 441 g/mol. The molecule has 4 heterocycles.